The number of hydrogen-bond donors (Lipinski definition) is 0. The van der Waals surface area contributed by atoms with Gasteiger partial charge >= 0.3 is 0 Å². The largest absolute Gasteiger partial charge is 0.335 e. The molecule has 1 aromatic heterocycles. The summed E-state index contributed by atoms with van der Waals surface area (Å²) < 4.78 is 1.13. The van der Waals surface area contributed by atoms with E-state index in [0.29, 0.717) is 18.4 Å². The van der Waals surface area contributed by atoms with Gasteiger partial charge in [-0.3, -0.25) is 4.79 Å². The Morgan fingerprint density at radius 3 is 2.93 bits per heavy atom. The molecule has 2 rings (SSSR count). The Balaban J connectivity index is 2.06. The van der Waals surface area contributed by atoms with Crippen LogP contribution in [0.25, 0.3) is 0 Å². The lowest BCUT2D eigenvalue weighted by atomic mass is 10.2. The Hall–Kier alpha value is -0.350. The molecule has 1 atom stereocenters. The van der Waals surface area contributed by atoms with Crippen molar-refractivity contribution >= 4 is 33.2 Å². The van der Waals surface area contributed by atoms with Crippen molar-refractivity contribution < 1.29 is 4.79 Å². The first-order valence-corrected chi connectivity index (χ1v) is 6.31. The van der Waals surface area contributed by atoms with Crippen LogP contribution >= 0.6 is 27.3 Å². The summed E-state index contributed by atoms with van der Waals surface area (Å²) in [5, 5.41) is 0. The third-order valence-corrected chi connectivity index (χ3v) is 4.19. The van der Waals surface area contributed by atoms with Gasteiger partial charge in [0, 0.05) is 17.3 Å². The molecule has 1 aliphatic heterocycles. The molecule has 1 amide bonds. The van der Waals surface area contributed by atoms with E-state index in [1.807, 2.05) is 11.0 Å². The maximum atomic E-state index is 11.5. The summed E-state index contributed by atoms with van der Waals surface area (Å²) in [6.45, 7) is 2.89. The van der Waals surface area contributed by atoms with Gasteiger partial charge in [-0.15, -0.1) is 11.3 Å². The van der Waals surface area contributed by atoms with Crippen molar-refractivity contribution in [1.29, 1.82) is 0 Å². The van der Waals surface area contributed by atoms with Crippen molar-refractivity contribution in [1.82, 2.24) is 4.90 Å². The number of amides is 1. The molecular weight excluding hydrogens is 262 g/mol. The maximum Gasteiger partial charge on any atom is 0.223 e. The molecule has 1 unspecified atom stereocenters. The zero-order valence-electron chi connectivity index (χ0n) is 8.00. The van der Waals surface area contributed by atoms with Crippen LogP contribution in [0.4, 0.5) is 0 Å². The summed E-state index contributed by atoms with van der Waals surface area (Å²) in [5.41, 5.74) is 0. The molecule has 0 aromatic carbocycles. The molecule has 2 nitrogen and oxygen atoms in total. The van der Waals surface area contributed by atoms with Crippen LogP contribution in [-0.4, -0.2) is 16.8 Å². The van der Waals surface area contributed by atoms with Crippen molar-refractivity contribution in [2.45, 2.75) is 32.4 Å². The van der Waals surface area contributed by atoms with E-state index >= 15 is 0 Å². The molecule has 4 heteroatoms. The molecule has 1 saturated heterocycles. The quantitative estimate of drug-likeness (QED) is 0.811. The number of carbonyl (C=O) groups is 1. The fourth-order valence-electron chi connectivity index (χ4n) is 1.73. The van der Waals surface area contributed by atoms with Crippen LogP contribution in [0.3, 0.4) is 0 Å². The predicted octanol–water partition coefficient (Wildman–Crippen LogP) is 3.02. The monoisotopic (exact) mass is 273 g/mol. The number of carbonyl (C=O) groups excluding carboxylic acids is 1. The second-order valence-corrected chi connectivity index (χ2v) is 6.16. The highest BCUT2D eigenvalue weighted by molar-refractivity contribution is 9.11. The molecule has 0 saturated carbocycles. The predicted molar refractivity (Wildman–Crippen MR) is 61.3 cm³/mol. The molecule has 0 bridgehead atoms. The fourth-order valence-corrected chi connectivity index (χ4v) is 3.21. The van der Waals surface area contributed by atoms with E-state index in [-0.39, 0.29) is 0 Å². The topological polar surface area (TPSA) is 20.3 Å². The van der Waals surface area contributed by atoms with Gasteiger partial charge in [0.2, 0.25) is 5.91 Å². The number of hydrogen-bond acceptors (Lipinski definition) is 2. The number of rotatable bonds is 2. The minimum atomic E-state index is 0.294. The molecule has 1 aliphatic rings. The smallest absolute Gasteiger partial charge is 0.223 e. The first-order chi connectivity index (χ1) is 6.66. The maximum absolute atomic E-state index is 11.5. The van der Waals surface area contributed by atoms with Gasteiger partial charge in [-0.25, -0.2) is 0 Å². The third-order valence-electron chi connectivity index (χ3n) is 2.58. The average molecular weight is 274 g/mol. The molecule has 1 fully saturated rings. The van der Waals surface area contributed by atoms with Gasteiger partial charge in [0.15, 0.2) is 0 Å². The van der Waals surface area contributed by atoms with Crippen LogP contribution in [0.2, 0.25) is 0 Å². The lowest BCUT2D eigenvalue weighted by Gasteiger charge is -2.20. The van der Waals surface area contributed by atoms with E-state index in [2.05, 4.69) is 28.9 Å². The van der Waals surface area contributed by atoms with Crippen molar-refractivity contribution in [2.75, 3.05) is 0 Å². The van der Waals surface area contributed by atoms with Gasteiger partial charge < -0.3 is 4.90 Å². The Bertz CT molecular complexity index is 350. The van der Waals surface area contributed by atoms with Gasteiger partial charge in [-0.05, 0) is 41.4 Å². The highest BCUT2D eigenvalue weighted by Crippen LogP contribution is 2.26. The Morgan fingerprint density at radius 1 is 1.64 bits per heavy atom. The van der Waals surface area contributed by atoms with E-state index in [9.17, 15) is 4.79 Å². The normalized spacial score (nSPS) is 22.0. The molecular formula is C10H12BrNOS. The Labute approximate surface area is 96.0 Å². The van der Waals surface area contributed by atoms with Crippen LogP contribution in [0.1, 0.15) is 24.6 Å². The highest BCUT2D eigenvalue weighted by Gasteiger charge is 2.27. The van der Waals surface area contributed by atoms with Gasteiger partial charge in [-0.1, -0.05) is 0 Å². The first kappa shape index (κ1) is 10.2. The van der Waals surface area contributed by atoms with Crippen molar-refractivity contribution in [3.63, 3.8) is 0 Å². The highest BCUT2D eigenvalue weighted by atomic mass is 79.9. The second kappa shape index (κ2) is 4.03. The Kier molecular flexibility index (Phi) is 2.93. The molecule has 0 aliphatic carbocycles. The average Bonchev–Trinajstić information content (AvgIpc) is 2.67. The van der Waals surface area contributed by atoms with Gasteiger partial charge in [0.05, 0.1) is 10.3 Å². The standard InChI is InChI=1S/C10H12BrNOS/c1-7-2-5-10(13)12(7)6-8-3-4-9(11)14-8/h3-4,7H,2,5-6H2,1H3. The molecule has 0 spiro atoms. The zero-order chi connectivity index (χ0) is 10.1. The lowest BCUT2D eigenvalue weighted by Crippen LogP contribution is -2.29. The minimum absolute atomic E-state index is 0.294. The Morgan fingerprint density at radius 2 is 2.43 bits per heavy atom. The zero-order valence-corrected chi connectivity index (χ0v) is 10.4. The fraction of sp³-hybridized carbons (Fsp3) is 0.500. The SMILES string of the molecule is CC1CCC(=O)N1Cc1ccc(Br)s1. The number of likely N-dealkylation sites (tertiary alicyclic amines) is 1. The summed E-state index contributed by atoms with van der Waals surface area (Å²) in [7, 11) is 0. The molecule has 2 heterocycles. The lowest BCUT2D eigenvalue weighted by molar-refractivity contribution is -0.129. The summed E-state index contributed by atoms with van der Waals surface area (Å²) in [6, 6.07) is 4.52. The molecule has 0 radical (unpaired) electrons. The van der Waals surface area contributed by atoms with E-state index < -0.39 is 0 Å². The van der Waals surface area contributed by atoms with Crippen LogP contribution < -0.4 is 0 Å². The van der Waals surface area contributed by atoms with E-state index in [1.165, 1.54) is 4.88 Å². The summed E-state index contributed by atoms with van der Waals surface area (Å²) in [6.07, 6.45) is 1.72. The van der Waals surface area contributed by atoms with Crippen LogP contribution in [0.15, 0.2) is 15.9 Å². The summed E-state index contributed by atoms with van der Waals surface area (Å²) in [4.78, 5) is 14.7. The molecule has 0 N–H and O–H groups in total. The summed E-state index contributed by atoms with van der Waals surface area (Å²) >= 11 is 5.13. The van der Waals surface area contributed by atoms with Crippen LogP contribution in [0.5, 0.6) is 0 Å². The number of halogens is 1. The first-order valence-electron chi connectivity index (χ1n) is 4.70. The van der Waals surface area contributed by atoms with Gasteiger partial charge in [0.25, 0.3) is 0 Å². The van der Waals surface area contributed by atoms with E-state index in [0.717, 1.165) is 16.8 Å². The van der Waals surface area contributed by atoms with Crippen molar-refractivity contribution in [3.8, 4) is 0 Å². The number of nitrogens with zero attached hydrogens (tertiary/aromatic N) is 1. The second-order valence-electron chi connectivity index (χ2n) is 3.62. The van der Waals surface area contributed by atoms with Crippen molar-refractivity contribution in [2.24, 2.45) is 0 Å². The summed E-state index contributed by atoms with van der Waals surface area (Å²) in [5.74, 6) is 0.294. The molecule has 1 aromatic rings. The van der Waals surface area contributed by atoms with Gasteiger partial charge in [0.1, 0.15) is 0 Å². The minimum Gasteiger partial charge on any atom is -0.335 e. The van der Waals surface area contributed by atoms with E-state index in [1.54, 1.807) is 11.3 Å². The third kappa shape index (κ3) is 2.01. The van der Waals surface area contributed by atoms with Gasteiger partial charge in [-0.2, -0.15) is 0 Å². The number of thiophene rings is 1. The van der Waals surface area contributed by atoms with Crippen molar-refractivity contribution in [3.05, 3.63) is 20.8 Å². The van der Waals surface area contributed by atoms with E-state index in [4.69, 9.17) is 0 Å². The van der Waals surface area contributed by atoms with Crippen LogP contribution in [-0.2, 0) is 11.3 Å². The molecule has 14 heavy (non-hydrogen) atoms. The van der Waals surface area contributed by atoms with Crippen LogP contribution in [0, 0.1) is 0 Å². The molecule has 76 valence electrons.